The molecule has 0 atom stereocenters. The molecule has 0 aliphatic rings. The minimum atomic E-state index is 0.414. The summed E-state index contributed by atoms with van der Waals surface area (Å²) >= 11 is 18.6. The quantitative estimate of drug-likeness (QED) is 0.380. The molecule has 0 saturated carbocycles. The smallest absolute Gasteiger partial charge is 0.156 e. The van der Waals surface area contributed by atoms with Crippen molar-refractivity contribution in [3.8, 4) is 34.3 Å². The highest BCUT2D eigenvalue weighted by Crippen LogP contribution is 2.38. The molecule has 7 heteroatoms. The molecular weight excluding hydrogens is 415 g/mol. The lowest BCUT2D eigenvalue weighted by Crippen LogP contribution is -2.02. The normalized spacial score (nSPS) is 10.6. The van der Waals surface area contributed by atoms with Crippen LogP contribution in [0.25, 0.3) is 28.2 Å². The van der Waals surface area contributed by atoms with E-state index in [4.69, 9.17) is 39.8 Å². The fourth-order valence-corrected chi connectivity index (χ4v) is 3.53. The summed E-state index contributed by atoms with van der Waals surface area (Å²) in [6, 6.07) is 16.6. The first-order chi connectivity index (χ1) is 13.6. The van der Waals surface area contributed by atoms with Crippen LogP contribution in [-0.4, -0.2) is 14.5 Å². The molecule has 0 aliphatic carbocycles. The highest BCUT2D eigenvalue weighted by molar-refractivity contribution is 6.36. The zero-order valence-corrected chi connectivity index (χ0v) is 16.5. The van der Waals surface area contributed by atoms with Crippen molar-refractivity contribution in [2.45, 2.75) is 0 Å². The van der Waals surface area contributed by atoms with E-state index in [-0.39, 0.29) is 0 Å². The molecule has 4 nitrogen and oxygen atoms in total. The molecule has 4 rings (SSSR count). The van der Waals surface area contributed by atoms with E-state index in [9.17, 15) is 5.26 Å². The van der Waals surface area contributed by atoms with Gasteiger partial charge in [0, 0.05) is 33.6 Å². The number of imidazole rings is 1. The van der Waals surface area contributed by atoms with Crippen molar-refractivity contribution in [1.29, 1.82) is 5.26 Å². The van der Waals surface area contributed by atoms with E-state index in [0.29, 0.717) is 37.7 Å². The maximum absolute atomic E-state index is 9.70. The van der Waals surface area contributed by atoms with E-state index < -0.39 is 0 Å². The topological polar surface area (TPSA) is 54.5 Å². The molecule has 28 heavy (non-hydrogen) atoms. The van der Waals surface area contributed by atoms with Crippen LogP contribution in [0.4, 0.5) is 0 Å². The van der Waals surface area contributed by atoms with Gasteiger partial charge in [0.05, 0.1) is 16.3 Å². The molecular formula is C21H11Cl3N4. The first-order valence-electron chi connectivity index (χ1n) is 8.21. The molecule has 0 saturated heterocycles. The van der Waals surface area contributed by atoms with Crippen molar-refractivity contribution in [2.75, 3.05) is 0 Å². The Kier molecular flexibility index (Phi) is 5.06. The summed E-state index contributed by atoms with van der Waals surface area (Å²) in [6.45, 7) is 0. The third-order valence-electron chi connectivity index (χ3n) is 4.21. The van der Waals surface area contributed by atoms with Crippen LogP contribution in [0.1, 0.15) is 5.56 Å². The first kappa shape index (κ1) is 18.5. The van der Waals surface area contributed by atoms with Crippen LogP contribution in [0.2, 0.25) is 15.1 Å². The first-order valence-corrected chi connectivity index (χ1v) is 9.35. The summed E-state index contributed by atoms with van der Waals surface area (Å²) in [6.07, 6.45) is 4.96. The van der Waals surface area contributed by atoms with Crippen LogP contribution in [-0.2, 0) is 0 Å². The number of aromatic nitrogens is 3. The van der Waals surface area contributed by atoms with E-state index >= 15 is 0 Å². The molecule has 4 aromatic rings. The lowest BCUT2D eigenvalue weighted by Gasteiger charge is -2.15. The molecule has 0 unspecified atom stereocenters. The summed E-state index contributed by atoms with van der Waals surface area (Å²) in [7, 11) is 0. The van der Waals surface area contributed by atoms with E-state index in [1.54, 1.807) is 53.6 Å². The fourth-order valence-electron chi connectivity index (χ4n) is 2.90. The van der Waals surface area contributed by atoms with Gasteiger partial charge in [0.2, 0.25) is 0 Å². The third-order valence-corrected chi connectivity index (χ3v) is 5.01. The number of hydrogen-bond acceptors (Lipinski definition) is 3. The van der Waals surface area contributed by atoms with Gasteiger partial charge < -0.3 is 0 Å². The predicted octanol–water partition coefficient (Wildman–Crippen LogP) is 6.43. The average molecular weight is 426 g/mol. The summed E-state index contributed by atoms with van der Waals surface area (Å²) < 4.78 is 1.69. The van der Waals surface area contributed by atoms with E-state index in [1.165, 1.54) is 0 Å². The Balaban J connectivity index is 2.04. The van der Waals surface area contributed by atoms with Crippen molar-refractivity contribution in [2.24, 2.45) is 0 Å². The average Bonchev–Trinajstić information content (AvgIpc) is 3.22. The van der Waals surface area contributed by atoms with Crippen molar-refractivity contribution in [3.63, 3.8) is 0 Å². The molecule has 2 aromatic heterocycles. The lowest BCUT2D eigenvalue weighted by molar-refractivity contribution is 0.989. The number of nitriles is 1. The summed E-state index contributed by atoms with van der Waals surface area (Å²) in [5, 5.41) is 11.3. The Morgan fingerprint density at radius 3 is 2.29 bits per heavy atom. The van der Waals surface area contributed by atoms with E-state index in [2.05, 4.69) is 11.1 Å². The third kappa shape index (κ3) is 3.48. The van der Waals surface area contributed by atoms with E-state index in [0.717, 1.165) is 11.1 Å². The highest BCUT2D eigenvalue weighted by Gasteiger charge is 2.18. The zero-order valence-electron chi connectivity index (χ0n) is 14.3. The summed E-state index contributed by atoms with van der Waals surface area (Å²) in [5.74, 6) is 0.471. The molecule has 2 aromatic carbocycles. The number of pyridine rings is 1. The van der Waals surface area contributed by atoms with Gasteiger partial charge in [-0.05, 0) is 42.0 Å². The van der Waals surface area contributed by atoms with Crippen LogP contribution in [0.5, 0.6) is 0 Å². The fraction of sp³-hybridized carbons (Fsp3) is 0. The van der Waals surface area contributed by atoms with Gasteiger partial charge in [0.15, 0.2) is 5.82 Å². The maximum atomic E-state index is 9.70. The summed E-state index contributed by atoms with van der Waals surface area (Å²) in [5.41, 5.74) is 3.39. The molecule has 0 bridgehead atoms. The van der Waals surface area contributed by atoms with E-state index in [1.807, 2.05) is 18.2 Å². The minimum absolute atomic E-state index is 0.414. The summed E-state index contributed by atoms with van der Waals surface area (Å²) in [4.78, 5) is 8.84. The van der Waals surface area contributed by atoms with Gasteiger partial charge in [0.1, 0.15) is 12.4 Å². The Hall–Kier alpha value is -2.84. The molecule has 0 fully saturated rings. The van der Waals surface area contributed by atoms with Crippen LogP contribution in [0.15, 0.2) is 67.3 Å². The molecule has 0 N–H and O–H groups in total. The van der Waals surface area contributed by atoms with Crippen molar-refractivity contribution >= 4 is 34.8 Å². The minimum Gasteiger partial charge on any atom is -0.289 e. The molecule has 0 spiro atoms. The maximum Gasteiger partial charge on any atom is 0.156 e. The van der Waals surface area contributed by atoms with Gasteiger partial charge in [-0.2, -0.15) is 5.26 Å². The van der Waals surface area contributed by atoms with Gasteiger partial charge in [0.25, 0.3) is 0 Å². The van der Waals surface area contributed by atoms with Crippen molar-refractivity contribution < 1.29 is 0 Å². The zero-order chi connectivity index (χ0) is 19.7. The number of rotatable bonds is 3. The SMILES string of the molecule is N#Cc1cc(-c2ccc(Cl)cc2)c(-c2ccc(Cl)cc2Cl)nc1-n1ccnc1. The van der Waals surface area contributed by atoms with Gasteiger partial charge in [-0.25, -0.2) is 9.97 Å². The van der Waals surface area contributed by atoms with Crippen LogP contribution < -0.4 is 0 Å². The lowest BCUT2D eigenvalue weighted by atomic mass is 9.97. The van der Waals surface area contributed by atoms with Crippen LogP contribution >= 0.6 is 34.8 Å². The highest BCUT2D eigenvalue weighted by atomic mass is 35.5. The Morgan fingerprint density at radius 2 is 1.64 bits per heavy atom. The standard InChI is InChI=1S/C21H11Cl3N4/c22-15-3-1-13(2-4-15)18-9-14(11-25)21(28-8-7-26-12-28)27-20(18)17-6-5-16(23)10-19(17)24/h1-10,12H. The van der Waals surface area contributed by atoms with Gasteiger partial charge in [-0.3, -0.25) is 4.57 Å². The van der Waals surface area contributed by atoms with Crippen LogP contribution in [0.3, 0.4) is 0 Å². The molecule has 2 heterocycles. The number of hydrogen-bond donors (Lipinski definition) is 0. The molecule has 0 radical (unpaired) electrons. The Bertz CT molecular complexity index is 1190. The van der Waals surface area contributed by atoms with Crippen molar-refractivity contribution in [1.82, 2.24) is 14.5 Å². The van der Waals surface area contributed by atoms with Gasteiger partial charge in [-0.1, -0.05) is 46.9 Å². The predicted molar refractivity (Wildman–Crippen MR) is 112 cm³/mol. The van der Waals surface area contributed by atoms with Gasteiger partial charge in [-0.15, -0.1) is 0 Å². The molecule has 0 amide bonds. The largest absolute Gasteiger partial charge is 0.289 e. The van der Waals surface area contributed by atoms with Crippen molar-refractivity contribution in [3.05, 3.63) is 87.9 Å². The molecule has 0 aliphatic heterocycles. The van der Waals surface area contributed by atoms with Gasteiger partial charge >= 0.3 is 0 Å². The second-order valence-electron chi connectivity index (χ2n) is 5.97. The number of nitrogens with zero attached hydrogens (tertiary/aromatic N) is 4. The van der Waals surface area contributed by atoms with Crippen LogP contribution in [0, 0.1) is 11.3 Å². The number of halogens is 3. The monoisotopic (exact) mass is 424 g/mol. The number of benzene rings is 2. The second kappa shape index (κ2) is 7.65. The Morgan fingerprint density at radius 1 is 0.893 bits per heavy atom. The Labute approximate surface area is 176 Å². The molecule has 136 valence electrons. The second-order valence-corrected chi connectivity index (χ2v) is 7.25.